The molecule has 0 saturated carbocycles. The first-order valence-corrected chi connectivity index (χ1v) is 12.5. The lowest BCUT2D eigenvalue weighted by molar-refractivity contribution is -2.00. The van der Waals surface area contributed by atoms with Crippen molar-refractivity contribution in [2.45, 2.75) is 19.8 Å². The minimum Gasteiger partial charge on any atom is -0.493 e. The van der Waals surface area contributed by atoms with Gasteiger partial charge in [-0.3, -0.25) is 0 Å². The summed E-state index contributed by atoms with van der Waals surface area (Å²) in [5.74, 6) is 2.35. The zero-order chi connectivity index (χ0) is 26.1. The summed E-state index contributed by atoms with van der Waals surface area (Å²) in [4.78, 5) is 3.63. The van der Waals surface area contributed by atoms with E-state index in [-0.39, 0.29) is 0 Å². The standard InChI is InChI=1S/C27H27NO3.ClHO4/c1-4-19-10-12-24-22(16-19)23(18-26(31-24)21-8-6-5-7-9-21)28-15-14-20-11-13-25(29-2)27(17-20)30-3;2-1(3,4)5/h5-13,16-18H,4,14-15H2,1-3H3;(H,2,3,4,5). The summed E-state index contributed by atoms with van der Waals surface area (Å²) in [6.45, 7) is 2.96. The fourth-order valence-corrected chi connectivity index (χ4v) is 3.72. The van der Waals surface area contributed by atoms with Crippen molar-refractivity contribution in [2.24, 2.45) is 0 Å². The van der Waals surface area contributed by atoms with Gasteiger partial charge in [0.05, 0.1) is 25.7 Å². The molecule has 8 nitrogen and oxygen atoms in total. The third kappa shape index (κ3) is 7.81. The summed E-state index contributed by atoms with van der Waals surface area (Å²) in [7, 11) is -1.63. The molecule has 9 heteroatoms. The van der Waals surface area contributed by atoms with Gasteiger partial charge in [0.15, 0.2) is 11.5 Å². The molecule has 0 unspecified atom stereocenters. The Hall–Kier alpha value is -3.40. The SMILES string of the molecule is CCc1ccc2oc(-c3ccccc3)cc(=[NH+]CCc3ccc(OC)c(OC)c3)c2c1.[O-][Cl+3]([O-])([O-])[O-]. The molecule has 190 valence electrons. The molecule has 0 radical (unpaired) electrons. The third-order valence-corrected chi connectivity index (χ3v) is 5.47. The molecule has 0 saturated heterocycles. The molecular formula is C27H28ClNO7. The minimum absolute atomic E-state index is 0.745. The fourth-order valence-electron chi connectivity index (χ4n) is 3.72. The largest absolute Gasteiger partial charge is 0.493 e. The van der Waals surface area contributed by atoms with Crippen molar-refractivity contribution in [3.05, 3.63) is 89.3 Å². The van der Waals surface area contributed by atoms with Crippen LogP contribution in [0.2, 0.25) is 0 Å². The van der Waals surface area contributed by atoms with Crippen LogP contribution in [0.5, 0.6) is 11.5 Å². The van der Waals surface area contributed by atoms with Gasteiger partial charge in [-0.15, -0.1) is 10.2 Å². The Morgan fingerprint density at radius 3 is 2.11 bits per heavy atom. The van der Waals surface area contributed by atoms with Gasteiger partial charge in [-0.25, -0.2) is 23.6 Å². The van der Waals surface area contributed by atoms with Crippen LogP contribution < -0.4 is 38.5 Å². The molecule has 0 spiro atoms. The maximum absolute atomic E-state index is 8.49. The summed E-state index contributed by atoms with van der Waals surface area (Å²) in [6, 6.07) is 24.8. The Morgan fingerprint density at radius 1 is 0.806 bits per heavy atom. The molecular weight excluding hydrogens is 486 g/mol. The van der Waals surface area contributed by atoms with Gasteiger partial charge in [-0.1, -0.05) is 49.4 Å². The first kappa shape index (κ1) is 27.2. The van der Waals surface area contributed by atoms with E-state index in [1.165, 1.54) is 11.1 Å². The maximum Gasteiger partial charge on any atom is 0.213 e. The van der Waals surface area contributed by atoms with Crippen LogP contribution in [0.1, 0.15) is 18.1 Å². The molecule has 0 fully saturated rings. The van der Waals surface area contributed by atoms with Crippen molar-refractivity contribution in [1.29, 1.82) is 0 Å². The van der Waals surface area contributed by atoms with Crippen molar-refractivity contribution >= 4 is 11.0 Å². The topological polar surface area (TPSA) is 138 Å². The highest BCUT2D eigenvalue weighted by Gasteiger charge is 2.10. The number of hydrogen-bond acceptors (Lipinski definition) is 7. The predicted molar refractivity (Wildman–Crippen MR) is 123 cm³/mol. The Bertz CT molecular complexity index is 1340. The molecule has 0 aliphatic heterocycles. The molecule has 0 aliphatic rings. The van der Waals surface area contributed by atoms with Crippen LogP contribution in [0.4, 0.5) is 0 Å². The maximum atomic E-state index is 8.49. The Morgan fingerprint density at radius 2 is 1.47 bits per heavy atom. The van der Waals surface area contributed by atoms with Gasteiger partial charge in [-0.05, 0) is 41.8 Å². The quantitative estimate of drug-likeness (QED) is 0.339. The first-order chi connectivity index (χ1) is 17.2. The van der Waals surface area contributed by atoms with Gasteiger partial charge in [-0.2, -0.15) is 0 Å². The second-order valence-electron chi connectivity index (χ2n) is 7.82. The Kier molecular flexibility index (Phi) is 9.46. The average molecular weight is 514 g/mol. The van der Waals surface area contributed by atoms with E-state index < -0.39 is 10.2 Å². The predicted octanol–water partition coefficient (Wildman–Crippen LogP) is -0.853. The number of halogens is 1. The highest BCUT2D eigenvalue weighted by atomic mass is 35.7. The van der Waals surface area contributed by atoms with Crippen LogP contribution in [0.15, 0.2) is 77.2 Å². The second kappa shape index (κ2) is 12.5. The summed E-state index contributed by atoms with van der Waals surface area (Å²) < 4.78 is 51.0. The molecule has 0 aliphatic carbocycles. The zero-order valence-electron chi connectivity index (χ0n) is 20.3. The second-order valence-corrected chi connectivity index (χ2v) is 8.57. The molecule has 1 aromatic heterocycles. The van der Waals surface area contributed by atoms with Crippen molar-refractivity contribution in [3.63, 3.8) is 0 Å². The minimum atomic E-state index is -4.94. The number of rotatable bonds is 7. The van der Waals surface area contributed by atoms with E-state index in [2.05, 4.69) is 54.4 Å². The number of fused-ring (bicyclic) bond motifs is 1. The fraction of sp³-hybridized carbons (Fsp3) is 0.222. The smallest absolute Gasteiger partial charge is 0.213 e. The molecule has 4 aromatic rings. The van der Waals surface area contributed by atoms with Crippen LogP contribution in [0.3, 0.4) is 0 Å². The van der Waals surface area contributed by atoms with Crippen molar-refractivity contribution in [3.8, 4) is 22.8 Å². The highest BCUT2D eigenvalue weighted by Crippen LogP contribution is 2.27. The number of benzene rings is 3. The van der Waals surface area contributed by atoms with E-state index in [0.717, 1.165) is 58.5 Å². The summed E-state index contributed by atoms with van der Waals surface area (Å²) in [5, 5.41) is 2.18. The van der Waals surface area contributed by atoms with Gasteiger partial charge in [0.1, 0.15) is 17.9 Å². The monoisotopic (exact) mass is 513 g/mol. The molecule has 4 rings (SSSR count). The van der Waals surface area contributed by atoms with E-state index in [4.69, 9.17) is 32.5 Å². The van der Waals surface area contributed by atoms with Gasteiger partial charge in [0.25, 0.3) is 0 Å². The average Bonchev–Trinajstić information content (AvgIpc) is 2.87. The van der Waals surface area contributed by atoms with Crippen molar-refractivity contribution in [2.75, 3.05) is 20.8 Å². The van der Waals surface area contributed by atoms with Crippen LogP contribution in [0, 0.1) is 10.2 Å². The van der Waals surface area contributed by atoms with Gasteiger partial charge in [0.2, 0.25) is 5.36 Å². The number of aryl methyl sites for hydroxylation is 1. The Labute approximate surface area is 211 Å². The summed E-state index contributed by atoms with van der Waals surface area (Å²) in [6.07, 6.45) is 1.85. The van der Waals surface area contributed by atoms with E-state index in [1.807, 2.05) is 30.3 Å². The molecule has 1 heterocycles. The number of methoxy groups -OCH3 is 2. The van der Waals surface area contributed by atoms with E-state index in [1.54, 1.807) is 14.2 Å². The number of hydrogen-bond donors (Lipinski definition) is 1. The van der Waals surface area contributed by atoms with Crippen molar-refractivity contribution in [1.82, 2.24) is 0 Å². The molecule has 0 amide bonds. The lowest BCUT2D eigenvalue weighted by atomic mass is 10.1. The molecule has 1 N–H and O–H groups in total. The van der Waals surface area contributed by atoms with Crippen LogP contribution in [0.25, 0.3) is 22.3 Å². The van der Waals surface area contributed by atoms with Crippen molar-refractivity contribution < 1.29 is 47.8 Å². The van der Waals surface area contributed by atoms with Crippen LogP contribution in [-0.4, -0.2) is 20.8 Å². The lowest BCUT2D eigenvalue weighted by Gasteiger charge is -2.17. The lowest BCUT2D eigenvalue weighted by Crippen LogP contribution is -2.77. The van der Waals surface area contributed by atoms with E-state index >= 15 is 0 Å². The zero-order valence-corrected chi connectivity index (χ0v) is 21.0. The summed E-state index contributed by atoms with van der Waals surface area (Å²) in [5.41, 5.74) is 4.42. The number of nitrogens with one attached hydrogen (secondary N) is 1. The summed E-state index contributed by atoms with van der Waals surface area (Å²) >= 11 is 0. The molecule has 36 heavy (non-hydrogen) atoms. The molecule has 3 aromatic carbocycles. The van der Waals surface area contributed by atoms with E-state index in [0.29, 0.717) is 0 Å². The van der Waals surface area contributed by atoms with E-state index in [9.17, 15) is 0 Å². The van der Waals surface area contributed by atoms with Crippen LogP contribution in [-0.2, 0) is 12.8 Å². The van der Waals surface area contributed by atoms with Gasteiger partial charge in [0, 0.05) is 12.0 Å². The molecule has 0 bridgehead atoms. The third-order valence-electron chi connectivity index (χ3n) is 5.47. The highest BCUT2D eigenvalue weighted by molar-refractivity contribution is 5.78. The molecule has 0 atom stereocenters. The first-order valence-electron chi connectivity index (χ1n) is 11.2. The normalized spacial score (nSPS) is 11.7. The van der Waals surface area contributed by atoms with Gasteiger partial charge >= 0.3 is 0 Å². The Balaban J connectivity index is 0.000000658. The number of ether oxygens (including phenoxy) is 2. The van der Waals surface area contributed by atoms with Gasteiger partial charge < -0.3 is 13.9 Å². The van der Waals surface area contributed by atoms with Crippen LogP contribution >= 0.6 is 0 Å².